The normalized spacial score (nSPS) is 24.8. The van der Waals surface area contributed by atoms with Gasteiger partial charge in [-0.1, -0.05) is 27.7 Å². The third kappa shape index (κ3) is 5.09. The van der Waals surface area contributed by atoms with Crippen LogP contribution >= 0.6 is 0 Å². The number of aliphatic carboxylic acids is 1. The fourth-order valence-corrected chi connectivity index (χ4v) is 2.13. The number of carbonyl (C=O) groups excluding carboxylic acids is 1. The first-order chi connectivity index (χ1) is 8.70. The molecule has 0 radical (unpaired) electrons. The predicted octanol–water partition coefficient (Wildman–Crippen LogP) is 2.22. The van der Waals surface area contributed by atoms with Gasteiger partial charge in [-0.05, 0) is 30.6 Å². The molecule has 0 aromatic rings. The lowest BCUT2D eigenvalue weighted by atomic mass is 9.82. The van der Waals surface area contributed by atoms with Crippen molar-refractivity contribution in [3.05, 3.63) is 0 Å². The van der Waals surface area contributed by atoms with Crippen molar-refractivity contribution >= 4 is 12.0 Å². The number of hydrogen-bond acceptors (Lipinski definition) is 2. The van der Waals surface area contributed by atoms with Gasteiger partial charge in [-0.3, -0.25) is 4.79 Å². The lowest BCUT2D eigenvalue weighted by Crippen LogP contribution is -2.44. The molecular weight excluding hydrogens is 244 g/mol. The van der Waals surface area contributed by atoms with E-state index in [0.717, 1.165) is 6.42 Å². The summed E-state index contributed by atoms with van der Waals surface area (Å²) in [6, 6.07) is -0.196. The maximum absolute atomic E-state index is 11.7. The molecule has 1 rings (SSSR count). The van der Waals surface area contributed by atoms with Crippen molar-refractivity contribution in [1.82, 2.24) is 10.6 Å². The van der Waals surface area contributed by atoms with Crippen molar-refractivity contribution in [2.24, 2.45) is 17.3 Å². The van der Waals surface area contributed by atoms with E-state index < -0.39 is 5.97 Å². The second-order valence-corrected chi connectivity index (χ2v) is 6.67. The van der Waals surface area contributed by atoms with E-state index in [9.17, 15) is 9.59 Å². The number of hydrogen-bond donors (Lipinski definition) is 3. The van der Waals surface area contributed by atoms with Crippen molar-refractivity contribution in [3.63, 3.8) is 0 Å². The van der Waals surface area contributed by atoms with Gasteiger partial charge < -0.3 is 15.7 Å². The molecule has 0 saturated heterocycles. The first-order valence-corrected chi connectivity index (χ1v) is 6.97. The van der Waals surface area contributed by atoms with Crippen LogP contribution < -0.4 is 10.6 Å². The highest BCUT2D eigenvalue weighted by Crippen LogP contribution is 2.26. The van der Waals surface area contributed by atoms with E-state index in [1.165, 1.54) is 0 Å². The first-order valence-electron chi connectivity index (χ1n) is 6.97. The van der Waals surface area contributed by atoms with E-state index in [1.54, 1.807) is 0 Å². The maximum Gasteiger partial charge on any atom is 0.315 e. The molecule has 2 amide bonds. The van der Waals surface area contributed by atoms with Crippen LogP contribution in [0.1, 0.15) is 47.0 Å². The third-order valence-corrected chi connectivity index (χ3v) is 4.16. The highest BCUT2D eigenvalue weighted by atomic mass is 16.4. The largest absolute Gasteiger partial charge is 0.481 e. The molecular formula is C14H26N2O3. The number of carbonyl (C=O) groups is 2. The van der Waals surface area contributed by atoms with E-state index in [2.05, 4.69) is 38.3 Å². The molecule has 110 valence electrons. The van der Waals surface area contributed by atoms with Gasteiger partial charge in [0.2, 0.25) is 0 Å². The number of carboxylic acids is 1. The van der Waals surface area contributed by atoms with Crippen molar-refractivity contribution in [3.8, 4) is 0 Å². The Morgan fingerprint density at radius 1 is 1.32 bits per heavy atom. The number of nitrogens with one attached hydrogen (secondary N) is 2. The Bertz CT molecular complexity index is 336. The number of amides is 2. The van der Waals surface area contributed by atoms with E-state index in [0.29, 0.717) is 25.3 Å². The minimum absolute atomic E-state index is 0.00829. The van der Waals surface area contributed by atoms with Crippen molar-refractivity contribution in [1.29, 1.82) is 0 Å². The molecule has 5 nitrogen and oxygen atoms in total. The first kappa shape index (κ1) is 15.8. The van der Waals surface area contributed by atoms with Gasteiger partial charge in [0, 0.05) is 12.6 Å². The van der Waals surface area contributed by atoms with E-state index >= 15 is 0 Å². The van der Waals surface area contributed by atoms with Gasteiger partial charge in [0.05, 0.1) is 5.92 Å². The zero-order chi connectivity index (χ0) is 14.6. The summed E-state index contributed by atoms with van der Waals surface area (Å²) in [5.41, 5.74) is 0.162. The Labute approximate surface area is 115 Å². The van der Waals surface area contributed by atoms with E-state index in [4.69, 9.17) is 5.11 Å². The molecule has 1 aliphatic rings. The average molecular weight is 270 g/mol. The van der Waals surface area contributed by atoms with Crippen LogP contribution in [0.2, 0.25) is 0 Å². The fraction of sp³-hybridized carbons (Fsp3) is 0.857. The average Bonchev–Trinajstić information content (AvgIpc) is 2.73. The predicted molar refractivity (Wildman–Crippen MR) is 73.9 cm³/mol. The van der Waals surface area contributed by atoms with Gasteiger partial charge in [0.15, 0.2) is 0 Å². The molecule has 1 aliphatic carbocycles. The summed E-state index contributed by atoms with van der Waals surface area (Å²) in [7, 11) is 0. The number of rotatable bonds is 4. The molecule has 19 heavy (non-hydrogen) atoms. The summed E-state index contributed by atoms with van der Waals surface area (Å²) in [6.45, 7) is 9.17. The Morgan fingerprint density at radius 2 is 1.95 bits per heavy atom. The zero-order valence-corrected chi connectivity index (χ0v) is 12.3. The minimum atomic E-state index is -0.758. The topological polar surface area (TPSA) is 78.4 Å². The summed E-state index contributed by atoms with van der Waals surface area (Å²) in [5.74, 6) is -0.682. The van der Waals surface area contributed by atoms with Crippen LogP contribution in [0.15, 0.2) is 0 Å². The Kier molecular flexibility index (Phi) is 5.20. The molecule has 1 saturated carbocycles. The second kappa shape index (κ2) is 6.26. The highest BCUT2D eigenvalue weighted by molar-refractivity contribution is 5.75. The summed E-state index contributed by atoms with van der Waals surface area (Å²) >= 11 is 0. The standard InChI is InChI=1S/C14H26N2O3/c1-9(14(2,3)4)8-15-13(19)16-11-6-5-10(7-11)12(17)18/h9-11H,5-8H2,1-4H3,(H,17,18)(H2,15,16,19). The Balaban J connectivity index is 2.27. The van der Waals surface area contributed by atoms with Gasteiger partial charge in [-0.2, -0.15) is 0 Å². The lowest BCUT2D eigenvalue weighted by Gasteiger charge is -2.27. The molecule has 3 N–H and O–H groups in total. The van der Waals surface area contributed by atoms with E-state index in [-0.39, 0.29) is 23.4 Å². The summed E-state index contributed by atoms with van der Waals surface area (Å²) in [5, 5.41) is 14.6. The van der Waals surface area contributed by atoms with E-state index in [1.807, 2.05) is 0 Å². The number of carboxylic acid groups (broad SMARTS) is 1. The SMILES string of the molecule is CC(CNC(=O)NC1CCC(C(=O)O)C1)C(C)(C)C. The maximum atomic E-state index is 11.7. The minimum Gasteiger partial charge on any atom is -0.481 e. The molecule has 1 fully saturated rings. The number of urea groups is 1. The molecule has 0 bridgehead atoms. The molecule has 0 heterocycles. The smallest absolute Gasteiger partial charge is 0.315 e. The Hall–Kier alpha value is -1.26. The molecule has 0 spiro atoms. The highest BCUT2D eigenvalue weighted by Gasteiger charge is 2.30. The molecule has 3 unspecified atom stereocenters. The Morgan fingerprint density at radius 3 is 2.42 bits per heavy atom. The van der Waals surface area contributed by atoms with Crippen LogP contribution in [0.3, 0.4) is 0 Å². The van der Waals surface area contributed by atoms with Gasteiger partial charge in [0.1, 0.15) is 0 Å². The van der Waals surface area contributed by atoms with Crippen LogP contribution in [-0.4, -0.2) is 29.7 Å². The molecule has 0 aliphatic heterocycles. The van der Waals surface area contributed by atoms with Gasteiger partial charge in [-0.25, -0.2) is 4.79 Å². The van der Waals surface area contributed by atoms with Crippen LogP contribution in [0, 0.1) is 17.3 Å². The van der Waals surface area contributed by atoms with Gasteiger partial charge in [-0.15, -0.1) is 0 Å². The fourth-order valence-electron chi connectivity index (χ4n) is 2.13. The van der Waals surface area contributed by atoms with Crippen molar-refractivity contribution < 1.29 is 14.7 Å². The second-order valence-electron chi connectivity index (χ2n) is 6.67. The van der Waals surface area contributed by atoms with Crippen LogP contribution in [-0.2, 0) is 4.79 Å². The summed E-state index contributed by atoms with van der Waals surface area (Å²) in [4.78, 5) is 22.6. The van der Waals surface area contributed by atoms with Gasteiger partial charge >= 0.3 is 12.0 Å². The van der Waals surface area contributed by atoms with Crippen molar-refractivity contribution in [2.75, 3.05) is 6.54 Å². The lowest BCUT2D eigenvalue weighted by molar-refractivity contribution is -0.141. The summed E-state index contributed by atoms with van der Waals surface area (Å²) < 4.78 is 0. The third-order valence-electron chi connectivity index (χ3n) is 4.16. The van der Waals surface area contributed by atoms with Crippen LogP contribution in [0.4, 0.5) is 4.79 Å². The molecule has 5 heteroatoms. The zero-order valence-electron chi connectivity index (χ0n) is 12.3. The molecule has 0 aromatic carbocycles. The molecule has 3 atom stereocenters. The van der Waals surface area contributed by atoms with Gasteiger partial charge in [0.25, 0.3) is 0 Å². The van der Waals surface area contributed by atoms with Crippen LogP contribution in [0.5, 0.6) is 0 Å². The molecule has 0 aromatic heterocycles. The van der Waals surface area contributed by atoms with Crippen LogP contribution in [0.25, 0.3) is 0 Å². The summed E-state index contributed by atoms with van der Waals surface area (Å²) in [6.07, 6.45) is 1.94. The monoisotopic (exact) mass is 270 g/mol. The van der Waals surface area contributed by atoms with Crippen molar-refractivity contribution in [2.45, 2.75) is 53.0 Å². The quantitative estimate of drug-likeness (QED) is 0.733.